The highest BCUT2D eigenvalue weighted by atomic mass is 16.4. The predicted octanol–water partition coefficient (Wildman–Crippen LogP) is 3.39. The first kappa shape index (κ1) is 10.7. The van der Waals surface area contributed by atoms with Crippen LogP contribution in [0.15, 0.2) is 22.8 Å². The highest BCUT2D eigenvalue weighted by molar-refractivity contribution is 5.03. The molecule has 1 aromatic heterocycles. The van der Waals surface area contributed by atoms with Crippen molar-refractivity contribution in [3.63, 3.8) is 0 Å². The number of hydrogen-bond acceptors (Lipinski definition) is 2. The van der Waals surface area contributed by atoms with E-state index in [0.29, 0.717) is 11.8 Å². The largest absolute Gasteiger partial charge is 0.467 e. The fourth-order valence-electron chi connectivity index (χ4n) is 2.57. The van der Waals surface area contributed by atoms with E-state index in [1.165, 1.54) is 6.42 Å². The Balaban J connectivity index is 2.00. The van der Waals surface area contributed by atoms with E-state index in [2.05, 4.69) is 13.8 Å². The summed E-state index contributed by atoms with van der Waals surface area (Å²) < 4.78 is 5.26. The lowest BCUT2D eigenvalue weighted by Crippen LogP contribution is -2.25. The SMILES string of the molecule is CC1CCC(C(O)c2ccco2)CC1C. The van der Waals surface area contributed by atoms with Gasteiger partial charge >= 0.3 is 0 Å². The monoisotopic (exact) mass is 208 g/mol. The second kappa shape index (κ2) is 4.40. The van der Waals surface area contributed by atoms with Crippen molar-refractivity contribution >= 4 is 0 Å². The Morgan fingerprint density at radius 3 is 2.73 bits per heavy atom. The summed E-state index contributed by atoms with van der Waals surface area (Å²) in [6.45, 7) is 4.59. The van der Waals surface area contributed by atoms with Crippen molar-refractivity contribution in [1.29, 1.82) is 0 Å². The van der Waals surface area contributed by atoms with Gasteiger partial charge in [0.25, 0.3) is 0 Å². The lowest BCUT2D eigenvalue weighted by atomic mass is 9.73. The molecular weight excluding hydrogens is 188 g/mol. The van der Waals surface area contributed by atoms with E-state index in [1.807, 2.05) is 12.1 Å². The van der Waals surface area contributed by atoms with Gasteiger partial charge < -0.3 is 9.52 Å². The maximum Gasteiger partial charge on any atom is 0.132 e. The molecule has 0 aliphatic heterocycles. The van der Waals surface area contributed by atoms with Gasteiger partial charge in [0.1, 0.15) is 11.9 Å². The first-order valence-corrected chi connectivity index (χ1v) is 5.90. The van der Waals surface area contributed by atoms with E-state index in [4.69, 9.17) is 4.42 Å². The van der Waals surface area contributed by atoms with Gasteiger partial charge in [-0.15, -0.1) is 0 Å². The standard InChI is InChI=1S/C13H20O2/c1-9-5-6-11(8-10(9)2)13(14)12-4-3-7-15-12/h3-4,7,9-11,13-14H,5-6,8H2,1-2H3. The molecular formula is C13H20O2. The zero-order chi connectivity index (χ0) is 10.8. The molecule has 15 heavy (non-hydrogen) atoms. The zero-order valence-electron chi connectivity index (χ0n) is 9.52. The van der Waals surface area contributed by atoms with Crippen LogP contribution in [-0.4, -0.2) is 5.11 Å². The third-order valence-corrected chi connectivity index (χ3v) is 3.92. The molecule has 1 N–H and O–H groups in total. The summed E-state index contributed by atoms with van der Waals surface area (Å²) in [4.78, 5) is 0. The van der Waals surface area contributed by atoms with Crippen molar-refractivity contribution in [2.75, 3.05) is 0 Å². The molecule has 1 saturated carbocycles. The maximum absolute atomic E-state index is 10.1. The Hall–Kier alpha value is -0.760. The summed E-state index contributed by atoms with van der Waals surface area (Å²) in [5, 5.41) is 10.1. The summed E-state index contributed by atoms with van der Waals surface area (Å²) in [7, 11) is 0. The van der Waals surface area contributed by atoms with Crippen LogP contribution in [0.25, 0.3) is 0 Å². The lowest BCUT2D eigenvalue weighted by Gasteiger charge is -2.33. The van der Waals surface area contributed by atoms with Crippen LogP contribution in [0.4, 0.5) is 0 Å². The van der Waals surface area contributed by atoms with Crippen molar-refractivity contribution in [3.8, 4) is 0 Å². The van der Waals surface area contributed by atoms with E-state index >= 15 is 0 Å². The van der Waals surface area contributed by atoms with Crippen LogP contribution in [0, 0.1) is 17.8 Å². The highest BCUT2D eigenvalue weighted by Gasteiger charge is 2.30. The van der Waals surface area contributed by atoms with Crippen LogP contribution in [0.5, 0.6) is 0 Å². The molecule has 0 bridgehead atoms. The Kier molecular flexibility index (Phi) is 3.15. The molecule has 1 aromatic rings. The van der Waals surface area contributed by atoms with E-state index in [-0.39, 0.29) is 0 Å². The Labute approximate surface area is 91.3 Å². The van der Waals surface area contributed by atoms with E-state index in [1.54, 1.807) is 6.26 Å². The average Bonchev–Trinajstić information content (AvgIpc) is 2.74. The van der Waals surface area contributed by atoms with Crippen LogP contribution in [0.3, 0.4) is 0 Å². The van der Waals surface area contributed by atoms with Crippen molar-refractivity contribution in [3.05, 3.63) is 24.2 Å². The van der Waals surface area contributed by atoms with Gasteiger partial charge in [0, 0.05) is 0 Å². The molecule has 2 heteroatoms. The molecule has 1 fully saturated rings. The summed E-state index contributed by atoms with van der Waals surface area (Å²) in [5.41, 5.74) is 0. The number of furan rings is 1. The fraction of sp³-hybridized carbons (Fsp3) is 0.692. The van der Waals surface area contributed by atoms with Crippen LogP contribution >= 0.6 is 0 Å². The lowest BCUT2D eigenvalue weighted by molar-refractivity contribution is 0.0408. The van der Waals surface area contributed by atoms with Gasteiger partial charge in [-0.05, 0) is 42.7 Å². The molecule has 0 aromatic carbocycles. The second-order valence-corrected chi connectivity index (χ2v) is 4.99. The predicted molar refractivity (Wildman–Crippen MR) is 59.3 cm³/mol. The second-order valence-electron chi connectivity index (χ2n) is 4.99. The Morgan fingerprint density at radius 2 is 2.13 bits per heavy atom. The first-order valence-electron chi connectivity index (χ1n) is 5.90. The molecule has 2 rings (SSSR count). The number of hydrogen-bond donors (Lipinski definition) is 1. The Morgan fingerprint density at radius 1 is 1.33 bits per heavy atom. The third-order valence-electron chi connectivity index (χ3n) is 3.92. The number of rotatable bonds is 2. The molecule has 1 aliphatic rings. The van der Waals surface area contributed by atoms with Gasteiger partial charge in [0.05, 0.1) is 6.26 Å². The van der Waals surface area contributed by atoms with E-state index in [9.17, 15) is 5.11 Å². The number of aliphatic hydroxyl groups excluding tert-OH is 1. The molecule has 0 radical (unpaired) electrons. The van der Waals surface area contributed by atoms with Gasteiger partial charge in [-0.25, -0.2) is 0 Å². The van der Waals surface area contributed by atoms with Crippen molar-refractivity contribution in [1.82, 2.24) is 0 Å². The Bertz CT molecular complexity index is 291. The van der Waals surface area contributed by atoms with Crippen molar-refractivity contribution in [2.24, 2.45) is 17.8 Å². The minimum Gasteiger partial charge on any atom is -0.467 e. The summed E-state index contributed by atoms with van der Waals surface area (Å²) in [6.07, 6.45) is 4.68. The first-order chi connectivity index (χ1) is 7.18. The van der Waals surface area contributed by atoms with Gasteiger partial charge in [0.15, 0.2) is 0 Å². The summed E-state index contributed by atoms with van der Waals surface area (Å²) >= 11 is 0. The minimum absolute atomic E-state index is 0.377. The van der Waals surface area contributed by atoms with E-state index in [0.717, 1.165) is 24.5 Å². The molecule has 2 nitrogen and oxygen atoms in total. The normalized spacial score (nSPS) is 33.9. The van der Waals surface area contributed by atoms with Gasteiger partial charge in [0.2, 0.25) is 0 Å². The van der Waals surface area contributed by atoms with Crippen LogP contribution in [0.1, 0.15) is 45.0 Å². The molecule has 0 spiro atoms. The molecule has 1 aliphatic carbocycles. The molecule has 0 amide bonds. The zero-order valence-corrected chi connectivity index (χ0v) is 9.52. The topological polar surface area (TPSA) is 33.4 Å². The fourth-order valence-corrected chi connectivity index (χ4v) is 2.57. The number of aliphatic hydroxyl groups is 1. The van der Waals surface area contributed by atoms with Crippen LogP contribution < -0.4 is 0 Å². The molecule has 4 unspecified atom stereocenters. The van der Waals surface area contributed by atoms with E-state index < -0.39 is 6.10 Å². The highest BCUT2D eigenvalue weighted by Crippen LogP contribution is 2.39. The summed E-state index contributed by atoms with van der Waals surface area (Å²) in [5.74, 6) is 2.61. The van der Waals surface area contributed by atoms with Gasteiger partial charge in [-0.1, -0.05) is 20.3 Å². The van der Waals surface area contributed by atoms with Crippen molar-refractivity contribution < 1.29 is 9.52 Å². The van der Waals surface area contributed by atoms with Gasteiger partial charge in [-0.2, -0.15) is 0 Å². The van der Waals surface area contributed by atoms with Crippen LogP contribution in [-0.2, 0) is 0 Å². The molecule has 4 atom stereocenters. The molecule has 1 heterocycles. The summed E-state index contributed by atoms with van der Waals surface area (Å²) in [6, 6.07) is 3.71. The minimum atomic E-state index is -0.407. The smallest absolute Gasteiger partial charge is 0.132 e. The molecule has 84 valence electrons. The third kappa shape index (κ3) is 2.25. The van der Waals surface area contributed by atoms with Gasteiger partial charge in [-0.3, -0.25) is 0 Å². The molecule has 0 saturated heterocycles. The quantitative estimate of drug-likeness (QED) is 0.808. The average molecular weight is 208 g/mol. The maximum atomic E-state index is 10.1. The van der Waals surface area contributed by atoms with Crippen LogP contribution in [0.2, 0.25) is 0 Å². The van der Waals surface area contributed by atoms with Crippen molar-refractivity contribution in [2.45, 2.75) is 39.2 Å².